The zero-order valence-electron chi connectivity index (χ0n) is 9.90. The van der Waals surface area contributed by atoms with E-state index in [1.165, 1.54) is 0 Å². The van der Waals surface area contributed by atoms with Gasteiger partial charge in [-0.3, -0.25) is 0 Å². The van der Waals surface area contributed by atoms with Crippen molar-refractivity contribution >= 4 is 43.4 Å². The van der Waals surface area contributed by atoms with Crippen LogP contribution in [0.2, 0.25) is 0 Å². The molecule has 3 nitrogen and oxygen atoms in total. The first-order valence-electron chi connectivity index (χ1n) is 5.43. The lowest BCUT2D eigenvalue weighted by Gasteiger charge is -2.19. The fraction of sp³-hybridized carbons (Fsp3) is 0.154. The highest BCUT2D eigenvalue weighted by atomic mass is 79.9. The molecule has 94 valence electrons. The average molecular weight is 371 g/mol. The summed E-state index contributed by atoms with van der Waals surface area (Å²) in [4.78, 5) is 6.47. The first-order valence-corrected chi connectivity index (χ1v) is 7.01. The zero-order valence-corrected chi connectivity index (χ0v) is 13.1. The topological polar surface area (TPSA) is 42.1 Å². The van der Waals surface area contributed by atoms with E-state index < -0.39 is 0 Å². The van der Waals surface area contributed by atoms with Crippen molar-refractivity contribution in [2.75, 3.05) is 17.7 Å². The molecular weight excluding hydrogens is 358 g/mol. The number of rotatable bonds is 3. The second-order valence-corrected chi connectivity index (χ2v) is 5.83. The van der Waals surface area contributed by atoms with Gasteiger partial charge in [-0.05, 0) is 55.6 Å². The molecule has 1 heterocycles. The Morgan fingerprint density at radius 1 is 1.28 bits per heavy atom. The third-order valence-corrected chi connectivity index (χ3v) is 3.54. The molecule has 0 atom stereocenters. The molecular formula is C13H13Br2N3. The summed E-state index contributed by atoms with van der Waals surface area (Å²) in [5.41, 5.74) is 7.72. The number of benzene rings is 1. The van der Waals surface area contributed by atoms with Crippen molar-refractivity contribution in [2.24, 2.45) is 0 Å². The molecule has 0 unspecified atom stereocenters. The first-order chi connectivity index (χ1) is 8.56. The maximum Gasteiger partial charge on any atom is 0.142 e. The van der Waals surface area contributed by atoms with Gasteiger partial charge < -0.3 is 10.6 Å². The lowest BCUT2D eigenvalue weighted by Crippen LogP contribution is -2.18. The van der Waals surface area contributed by atoms with Gasteiger partial charge in [0.25, 0.3) is 0 Å². The Balaban J connectivity index is 2.19. The fourth-order valence-electron chi connectivity index (χ4n) is 1.73. The van der Waals surface area contributed by atoms with Gasteiger partial charge in [0.1, 0.15) is 5.82 Å². The van der Waals surface area contributed by atoms with Gasteiger partial charge in [0.05, 0.1) is 4.47 Å². The van der Waals surface area contributed by atoms with Crippen LogP contribution in [-0.4, -0.2) is 12.0 Å². The summed E-state index contributed by atoms with van der Waals surface area (Å²) in [6.07, 6.45) is 1.79. The molecule has 0 radical (unpaired) electrons. The monoisotopic (exact) mass is 369 g/mol. The van der Waals surface area contributed by atoms with Crippen LogP contribution in [0.1, 0.15) is 5.56 Å². The molecule has 0 saturated carbocycles. The lowest BCUT2D eigenvalue weighted by atomic mass is 10.2. The van der Waals surface area contributed by atoms with Gasteiger partial charge in [-0.15, -0.1) is 0 Å². The Morgan fingerprint density at radius 3 is 2.72 bits per heavy atom. The van der Waals surface area contributed by atoms with Crippen molar-refractivity contribution in [3.05, 3.63) is 51.0 Å². The number of hydrogen-bond acceptors (Lipinski definition) is 3. The van der Waals surface area contributed by atoms with E-state index in [9.17, 15) is 0 Å². The predicted octanol–water partition coefficient (Wildman–Crippen LogP) is 3.83. The van der Waals surface area contributed by atoms with Gasteiger partial charge in [-0.25, -0.2) is 4.98 Å². The normalized spacial score (nSPS) is 10.4. The fourth-order valence-corrected chi connectivity index (χ4v) is 3.02. The summed E-state index contributed by atoms with van der Waals surface area (Å²) < 4.78 is 1.92. The summed E-state index contributed by atoms with van der Waals surface area (Å²) in [5, 5.41) is 0. The number of pyridine rings is 1. The van der Waals surface area contributed by atoms with Crippen LogP contribution in [0, 0.1) is 0 Å². The molecule has 0 fully saturated rings. The zero-order chi connectivity index (χ0) is 13.1. The Hall–Kier alpha value is -1.07. The van der Waals surface area contributed by atoms with Crippen LogP contribution < -0.4 is 10.6 Å². The number of nitrogens with two attached hydrogens (primary N) is 1. The maximum atomic E-state index is 5.77. The standard InChI is InChI=1S/C13H13Br2N3/c1-18(8-9-3-2-4-11(16)5-9)13-12(15)6-10(14)7-17-13/h2-7H,8,16H2,1H3. The smallest absolute Gasteiger partial charge is 0.142 e. The molecule has 2 N–H and O–H groups in total. The molecule has 1 aromatic carbocycles. The number of aromatic nitrogens is 1. The second kappa shape index (κ2) is 5.71. The van der Waals surface area contributed by atoms with Crippen LogP contribution in [0.3, 0.4) is 0 Å². The van der Waals surface area contributed by atoms with Gasteiger partial charge >= 0.3 is 0 Å². The number of anilines is 2. The molecule has 2 aromatic rings. The van der Waals surface area contributed by atoms with E-state index >= 15 is 0 Å². The molecule has 0 bridgehead atoms. The average Bonchev–Trinajstić information content (AvgIpc) is 2.28. The lowest BCUT2D eigenvalue weighted by molar-refractivity contribution is 0.893. The minimum atomic E-state index is 0.762. The highest BCUT2D eigenvalue weighted by Crippen LogP contribution is 2.27. The van der Waals surface area contributed by atoms with Crippen LogP contribution in [0.4, 0.5) is 11.5 Å². The summed E-state index contributed by atoms with van der Waals surface area (Å²) in [7, 11) is 2.00. The van der Waals surface area contributed by atoms with Crippen molar-refractivity contribution in [2.45, 2.75) is 6.54 Å². The van der Waals surface area contributed by atoms with Crippen LogP contribution in [0.5, 0.6) is 0 Å². The minimum Gasteiger partial charge on any atom is -0.399 e. The number of nitrogens with zero attached hydrogens (tertiary/aromatic N) is 2. The second-order valence-electron chi connectivity index (χ2n) is 4.06. The molecule has 0 aliphatic heterocycles. The van der Waals surface area contributed by atoms with Crippen LogP contribution in [0.25, 0.3) is 0 Å². The Labute approximate surface area is 123 Å². The predicted molar refractivity (Wildman–Crippen MR) is 82.6 cm³/mol. The molecule has 5 heteroatoms. The molecule has 18 heavy (non-hydrogen) atoms. The van der Waals surface area contributed by atoms with E-state index in [-0.39, 0.29) is 0 Å². The van der Waals surface area contributed by atoms with Gasteiger partial charge in [-0.2, -0.15) is 0 Å². The van der Waals surface area contributed by atoms with Crippen LogP contribution >= 0.6 is 31.9 Å². The third kappa shape index (κ3) is 3.23. The number of hydrogen-bond donors (Lipinski definition) is 1. The highest BCUT2D eigenvalue weighted by Gasteiger charge is 2.08. The molecule has 0 amide bonds. The molecule has 0 aliphatic rings. The molecule has 2 rings (SSSR count). The molecule has 0 spiro atoms. The molecule has 0 saturated heterocycles. The van der Waals surface area contributed by atoms with Crippen LogP contribution in [-0.2, 0) is 6.54 Å². The third-order valence-electron chi connectivity index (χ3n) is 2.52. The first kappa shape index (κ1) is 13.4. The molecule has 1 aromatic heterocycles. The van der Waals surface area contributed by atoms with E-state index in [2.05, 4.69) is 47.8 Å². The van der Waals surface area contributed by atoms with Crippen molar-refractivity contribution in [3.8, 4) is 0 Å². The van der Waals surface area contributed by atoms with Gasteiger partial charge in [0.15, 0.2) is 0 Å². The van der Waals surface area contributed by atoms with E-state index in [1.807, 2.05) is 31.3 Å². The quantitative estimate of drug-likeness (QED) is 0.835. The van der Waals surface area contributed by atoms with Crippen molar-refractivity contribution in [1.29, 1.82) is 0 Å². The minimum absolute atomic E-state index is 0.762. The van der Waals surface area contributed by atoms with Crippen molar-refractivity contribution in [3.63, 3.8) is 0 Å². The van der Waals surface area contributed by atoms with E-state index in [4.69, 9.17) is 5.73 Å². The highest BCUT2D eigenvalue weighted by molar-refractivity contribution is 9.11. The summed E-state index contributed by atoms with van der Waals surface area (Å²) >= 11 is 6.91. The SMILES string of the molecule is CN(Cc1cccc(N)c1)c1ncc(Br)cc1Br. The number of halogens is 2. The number of nitrogen functional groups attached to an aromatic ring is 1. The van der Waals surface area contributed by atoms with Gasteiger partial charge in [0.2, 0.25) is 0 Å². The van der Waals surface area contributed by atoms with E-state index in [1.54, 1.807) is 6.20 Å². The van der Waals surface area contributed by atoms with Crippen molar-refractivity contribution in [1.82, 2.24) is 4.98 Å². The summed E-state index contributed by atoms with van der Waals surface area (Å²) in [6, 6.07) is 9.86. The Bertz CT molecular complexity index is 558. The van der Waals surface area contributed by atoms with Crippen molar-refractivity contribution < 1.29 is 0 Å². The molecule has 0 aliphatic carbocycles. The van der Waals surface area contributed by atoms with Crippen LogP contribution in [0.15, 0.2) is 45.5 Å². The summed E-state index contributed by atoms with van der Waals surface area (Å²) in [6.45, 7) is 0.762. The van der Waals surface area contributed by atoms with Gasteiger partial charge in [-0.1, -0.05) is 12.1 Å². The van der Waals surface area contributed by atoms with Gasteiger partial charge in [0, 0.05) is 29.9 Å². The maximum absolute atomic E-state index is 5.77. The van der Waals surface area contributed by atoms with E-state index in [0.717, 1.165) is 32.6 Å². The Morgan fingerprint density at radius 2 is 2.06 bits per heavy atom. The van der Waals surface area contributed by atoms with E-state index in [0.29, 0.717) is 0 Å². The Kier molecular flexibility index (Phi) is 4.24. The largest absolute Gasteiger partial charge is 0.399 e. The summed E-state index contributed by atoms with van der Waals surface area (Å²) in [5.74, 6) is 0.903.